The van der Waals surface area contributed by atoms with Crippen LogP contribution in [0, 0.1) is 22.0 Å². The number of nitrogens with zero attached hydrogens (tertiary/aromatic N) is 3. The molecule has 2 aromatic rings. The lowest BCUT2D eigenvalue weighted by atomic mass is 9.70. The van der Waals surface area contributed by atoms with Crippen LogP contribution in [0.3, 0.4) is 0 Å². The molecule has 1 fully saturated rings. The predicted molar refractivity (Wildman–Crippen MR) is 101 cm³/mol. The van der Waals surface area contributed by atoms with Gasteiger partial charge in [-0.3, -0.25) is 19.7 Å². The SMILES string of the molecule is O=C(O)[C@H]1Cc2cc([N+](=O)[O-])ccc2N2C[C@@H]3C[C@H](Cn4c3cccc4=O)[C@H]12. The van der Waals surface area contributed by atoms with E-state index >= 15 is 0 Å². The second kappa shape index (κ2) is 5.92. The average molecular weight is 381 g/mol. The third-order valence-corrected chi connectivity index (χ3v) is 6.52. The van der Waals surface area contributed by atoms with Gasteiger partial charge in [0.15, 0.2) is 0 Å². The number of non-ortho nitro benzene ring substituents is 1. The lowest BCUT2D eigenvalue weighted by Gasteiger charge is -2.53. The van der Waals surface area contributed by atoms with Crippen LogP contribution in [0.25, 0.3) is 0 Å². The molecule has 3 aliphatic heterocycles. The Morgan fingerprint density at radius 1 is 1.21 bits per heavy atom. The van der Waals surface area contributed by atoms with Crippen LogP contribution < -0.4 is 10.5 Å². The Hall–Kier alpha value is -3.16. The van der Waals surface area contributed by atoms with Crippen LogP contribution in [-0.2, 0) is 17.8 Å². The van der Waals surface area contributed by atoms with E-state index in [1.807, 2.05) is 6.07 Å². The van der Waals surface area contributed by atoms with Gasteiger partial charge in [-0.15, -0.1) is 0 Å². The molecule has 0 radical (unpaired) electrons. The lowest BCUT2D eigenvalue weighted by Crippen LogP contribution is -2.60. The van der Waals surface area contributed by atoms with Gasteiger partial charge in [-0.05, 0) is 36.5 Å². The first-order chi connectivity index (χ1) is 13.4. The molecule has 0 amide bonds. The van der Waals surface area contributed by atoms with Crippen molar-refractivity contribution in [3.63, 3.8) is 0 Å². The molecule has 0 saturated carbocycles. The van der Waals surface area contributed by atoms with Crippen LogP contribution in [-0.4, -0.2) is 33.2 Å². The number of carboxylic acid groups (broad SMARTS) is 1. The van der Waals surface area contributed by atoms with E-state index in [-0.39, 0.29) is 35.5 Å². The zero-order chi connectivity index (χ0) is 19.6. The largest absolute Gasteiger partial charge is 0.481 e. The molecule has 0 unspecified atom stereocenters. The Kier molecular flexibility index (Phi) is 3.59. The van der Waals surface area contributed by atoms with E-state index in [2.05, 4.69) is 4.90 Å². The summed E-state index contributed by atoms with van der Waals surface area (Å²) < 4.78 is 1.79. The molecule has 1 N–H and O–H groups in total. The van der Waals surface area contributed by atoms with Crippen LogP contribution in [0.4, 0.5) is 11.4 Å². The first-order valence-corrected chi connectivity index (χ1v) is 9.40. The summed E-state index contributed by atoms with van der Waals surface area (Å²) in [7, 11) is 0. The van der Waals surface area contributed by atoms with Crippen molar-refractivity contribution in [1.29, 1.82) is 0 Å². The Bertz CT molecular complexity index is 1060. The minimum Gasteiger partial charge on any atom is -0.481 e. The fourth-order valence-electron chi connectivity index (χ4n) is 5.44. The molecular weight excluding hydrogens is 362 g/mol. The number of benzene rings is 1. The number of carbonyl (C=O) groups is 1. The maximum atomic E-state index is 12.3. The summed E-state index contributed by atoms with van der Waals surface area (Å²) in [4.78, 5) is 37.3. The average Bonchev–Trinajstić information content (AvgIpc) is 2.67. The van der Waals surface area contributed by atoms with Gasteiger partial charge < -0.3 is 14.6 Å². The molecule has 1 aromatic heterocycles. The Labute approximate surface area is 160 Å². The molecule has 144 valence electrons. The molecule has 28 heavy (non-hydrogen) atoms. The van der Waals surface area contributed by atoms with Gasteiger partial charge in [-0.1, -0.05) is 6.07 Å². The highest BCUT2D eigenvalue weighted by atomic mass is 16.6. The third-order valence-electron chi connectivity index (χ3n) is 6.52. The number of hydrogen-bond acceptors (Lipinski definition) is 5. The zero-order valence-electron chi connectivity index (χ0n) is 15.0. The Balaban J connectivity index is 1.64. The van der Waals surface area contributed by atoms with Gasteiger partial charge in [0.1, 0.15) is 0 Å². The lowest BCUT2D eigenvalue weighted by molar-refractivity contribution is -0.384. The van der Waals surface area contributed by atoms with Crippen LogP contribution >= 0.6 is 0 Å². The number of fused-ring (bicyclic) bond motifs is 8. The second-order valence-corrected chi connectivity index (χ2v) is 7.95. The highest BCUT2D eigenvalue weighted by Gasteiger charge is 2.49. The maximum Gasteiger partial charge on any atom is 0.308 e. The first-order valence-electron chi connectivity index (χ1n) is 9.40. The summed E-state index contributed by atoms with van der Waals surface area (Å²) in [6, 6.07) is 9.81. The Morgan fingerprint density at radius 3 is 2.79 bits per heavy atom. The maximum absolute atomic E-state index is 12.3. The molecule has 0 spiro atoms. The van der Waals surface area contributed by atoms with E-state index in [4.69, 9.17) is 0 Å². The highest BCUT2D eigenvalue weighted by Crippen LogP contribution is 2.47. The molecule has 1 aromatic carbocycles. The number of aromatic nitrogens is 1. The standard InChI is InChI=1S/C20H19N3O5/c24-18-3-1-2-16-12-6-13(10-21(16)18)19-15(20(25)26)8-11-7-14(23(27)28)4-5-17(11)22(19)9-12/h1-5,7,12-13,15,19H,6,8-10H2,(H,25,26)/t12-,13+,15-,19+/m0/s1. The number of nitro benzene ring substituents is 1. The minimum atomic E-state index is -0.892. The molecule has 1 saturated heterocycles. The summed E-state index contributed by atoms with van der Waals surface area (Å²) in [6.07, 6.45) is 1.13. The predicted octanol–water partition coefficient (Wildman–Crippen LogP) is 2.01. The summed E-state index contributed by atoms with van der Waals surface area (Å²) in [5, 5.41) is 21.1. The van der Waals surface area contributed by atoms with E-state index in [1.54, 1.807) is 22.8 Å². The molecular formula is C20H19N3O5. The minimum absolute atomic E-state index is 0.0181. The molecule has 8 nitrogen and oxygen atoms in total. The number of carboxylic acids is 1. The van der Waals surface area contributed by atoms with Gasteiger partial charge in [-0.25, -0.2) is 0 Å². The van der Waals surface area contributed by atoms with Gasteiger partial charge in [0.25, 0.3) is 11.2 Å². The van der Waals surface area contributed by atoms with Crippen molar-refractivity contribution in [1.82, 2.24) is 4.57 Å². The fraction of sp³-hybridized carbons (Fsp3) is 0.400. The normalized spacial score (nSPS) is 27.4. The third kappa shape index (κ3) is 2.37. The summed E-state index contributed by atoms with van der Waals surface area (Å²) in [6.45, 7) is 1.12. The molecule has 2 bridgehead atoms. The van der Waals surface area contributed by atoms with E-state index in [0.29, 0.717) is 18.7 Å². The van der Waals surface area contributed by atoms with E-state index < -0.39 is 16.8 Å². The topological polar surface area (TPSA) is 106 Å². The van der Waals surface area contributed by atoms with Crippen molar-refractivity contribution >= 4 is 17.3 Å². The van der Waals surface area contributed by atoms with Crippen molar-refractivity contribution in [2.45, 2.75) is 31.3 Å². The molecule has 4 atom stereocenters. The smallest absolute Gasteiger partial charge is 0.308 e. The summed E-state index contributed by atoms with van der Waals surface area (Å²) in [5.41, 5.74) is 2.52. The number of rotatable bonds is 2. The number of anilines is 1. The summed E-state index contributed by atoms with van der Waals surface area (Å²) in [5.74, 6) is -1.35. The number of hydrogen-bond donors (Lipinski definition) is 1. The van der Waals surface area contributed by atoms with Gasteiger partial charge in [0, 0.05) is 54.6 Å². The van der Waals surface area contributed by atoms with Crippen molar-refractivity contribution < 1.29 is 14.8 Å². The fourth-order valence-corrected chi connectivity index (χ4v) is 5.44. The van der Waals surface area contributed by atoms with Crippen LogP contribution in [0.5, 0.6) is 0 Å². The number of piperidine rings is 1. The zero-order valence-corrected chi connectivity index (χ0v) is 15.0. The van der Waals surface area contributed by atoms with Crippen molar-refractivity contribution in [2.75, 3.05) is 11.4 Å². The van der Waals surface area contributed by atoms with Crippen molar-refractivity contribution in [3.05, 3.63) is 68.1 Å². The number of nitro groups is 1. The molecule has 5 rings (SSSR count). The molecule has 8 heteroatoms. The van der Waals surface area contributed by atoms with Crippen LogP contribution in [0.1, 0.15) is 23.6 Å². The van der Waals surface area contributed by atoms with E-state index in [9.17, 15) is 24.8 Å². The second-order valence-electron chi connectivity index (χ2n) is 7.95. The number of pyridine rings is 1. The van der Waals surface area contributed by atoms with Gasteiger partial charge >= 0.3 is 5.97 Å². The molecule has 4 heterocycles. The van der Waals surface area contributed by atoms with Gasteiger partial charge in [0.2, 0.25) is 0 Å². The van der Waals surface area contributed by atoms with Crippen LogP contribution in [0.2, 0.25) is 0 Å². The first kappa shape index (κ1) is 17.0. The van der Waals surface area contributed by atoms with Crippen molar-refractivity contribution in [2.24, 2.45) is 11.8 Å². The van der Waals surface area contributed by atoms with Gasteiger partial charge in [0.05, 0.1) is 10.8 Å². The molecule has 3 aliphatic rings. The summed E-state index contributed by atoms with van der Waals surface area (Å²) >= 11 is 0. The monoisotopic (exact) mass is 381 g/mol. The van der Waals surface area contributed by atoms with Crippen molar-refractivity contribution in [3.8, 4) is 0 Å². The highest BCUT2D eigenvalue weighted by molar-refractivity contribution is 5.76. The number of aliphatic carboxylic acids is 1. The van der Waals surface area contributed by atoms with E-state index in [1.165, 1.54) is 12.1 Å². The Morgan fingerprint density at radius 2 is 2.04 bits per heavy atom. The molecule has 0 aliphatic carbocycles. The quantitative estimate of drug-likeness (QED) is 0.630. The van der Waals surface area contributed by atoms with Crippen LogP contribution in [0.15, 0.2) is 41.2 Å². The van der Waals surface area contributed by atoms with E-state index in [0.717, 1.165) is 17.8 Å². The van der Waals surface area contributed by atoms with Gasteiger partial charge in [-0.2, -0.15) is 0 Å².